The highest BCUT2D eigenvalue weighted by Gasteiger charge is 2.23. The number of likely N-dealkylation sites (tertiary alicyclic amines) is 1. The Balaban J connectivity index is 1.74. The highest BCUT2D eigenvalue weighted by molar-refractivity contribution is 5.88. The summed E-state index contributed by atoms with van der Waals surface area (Å²) in [5.41, 5.74) is 1.26. The van der Waals surface area contributed by atoms with E-state index in [0.717, 1.165) is 25.7 Å². The quantitative estimate of drug-likeness (QED) is 0.806. The van der Waals surface area contributed by atoms with Crippen molar-refractivity contribution in [2.45, 2.75) is 57.4 Å². The van der Waals surface area contributed by atoms with Crippen LogP contribution in [0.15, 0.2) is 11.6 Å². The SMILES string of the molecule is N#CCC(=O)N1CCC(NC(=O)C=C2CCCCC2)CC1. The third-order valence-electron chi connectivity index (χ3n) is 4.26. The van der Waals surface area contributed by atoms with Crippen molar-refractivity contribution < 1.29 is 9.59 Å². The van der Waals surface area contributed by atoms with E-state index in [1.54, 1.807) is 11.0 Å². The van der Waals surface area contributed by atoms with Gasteiger partial charge in [-0.25, -0.2) is 0 Å². The lowest BCUT2D eigenvalue weighted by Gasteiger charge is -2.31. The Morgan fingerprint density at radius 1 is 1.24 bits per heavy atom. The molecule has 0 aromatic carbocycles. The second-order valence-electron chi connectivity index (χ2n) is 5.86. The van der Waals surface area contributed by atoms with Gasteiger partial charge in [-0.3, -0.25) is 9.59 Å². The van der Waals surface area contributed by atoms with Crippen LogP contribution in [-0.2, 0) is 9.59 Å². The zero-order chi connectivity index (χ0) is 15.1. The molecule has 1 heterocycles. The van der Waals surface area contributed by atoms with Crippen LogP contribution in [0.4, 0.5) is 0 Å². The predicted molar refractivity (Wildman–Crippen MR) is 79.1 cm³/mol. The maximum absolute atomic E-state index is 12.0. The number of allylic oxidation sites excluding steroid dienone is 1. The van der Waals surface area contributed by atoms with Gasteiger partial charge in [0.15, 0.2) is 0 Å². The molecule has 0 spiro atoms. The van der Waals surface area contributed by atoms with Crippen molar-refractivity contribution in [2.75, 3.05) is 13.1 Å². The van der Waals surface area contributed by atoms with E-state index in [1.807, 2.05) is 6.07 Å². The Bertz CT molecular complexity index is 449. The van der Waals surface area contributed by atoms with Crippen LogP contribution in [0.5, 0.6) is 0 Å². The van der Waals surface area contributed by atoms with Crippen LogP contribution in [0.2, 0.25) is 0 Å². The minimum absolute atomic E-state index is 0.00806. The van der Waals surface area contributed by atoms with Crippen LogP contribution < -0.4 is 5.32 Å². The van der Waals surface area contributed by atoms with Crippen LogP contribution in [0.25, 0.3) is 0 Å². The van der Waals surface area contributed by atoms with Gasteiger partial charge in [0.25, 0.3) is 0 Å². The second kappa shape index (κ2) is 7.82. The van der Waals surface area contributed by atoms with Crippen LogP contribution in [0, 0.1) is 11.3 Å². The summed E-state index contributed by atoms with van der Waals surface area (Å²) in [7, 11) is 0. The van der Waals surface area contributed by atoms with E-state index in [-0.39, 0.29) is 24.3 Å². The monoisotopic (exact) mass is 289 g/mol. The molecule has 1 N–H and O–H groups in total. The van der Waals surface area contributed by atoms with Gasteiger partial charge in [-0.05, 0) is 38.5 Å². The van der Waals surface area contributed by atoms with Crippen LogP contribution in [0.1, 0.15) is 51.4 Å². The fourth-order valence-corrected chi connectivity index (χ4v) is 3.03. The van der Waals surface area contributed by atoms with E-state index in [1.165, 1.54) is 24.8 Å². The van der Waals surface area contributed by atoms with Gasteiger partial charge in [-0.1, -0.05) is 12.0 Å². The van der Waals surface area contributed by atoms with E-state index in [4.69, 9.17) is 5.26 Å². The summed E-state index contributed by atoms with van der Waals surface area (Å²) in [6.45, 7) is 1.25. The fourth-order valence-electron chi connectivity index (χ4n) is 3.03. The number of hydrogen-bond acceptors (Lipinski definition) is 3. The van der Waals surface area contributed by atoms with Gasteiger partial charge >= 0.3 is 0 Å². The van der Waals surface area contributed by atoms with Gasteiger partial charge in [0.2, 0.25) is 11.8 Å². The zero-order valence-electron chi connectivity index (χ0n) is 12.4. The molecule has 0 unspecified atom stereocenters. The van der Waals surface area contributed by atoms with Crippen LogP contribution in [0.3, 0.4) is 0 Å². The first-order valence-electron chi connectivity index (χ1n) is 7.83. The smallest absolute Gasteiger partial charge is 0.244 e. The van der Waals surface area contributed by atoms with E-state index in [9.17, 15) is 9.59 Å². The first-order chi connectivity index (χ1) is 10.2. The molecule has 0 atom stereocenters. The molecule has 1 aliphatic carbocycles. The van der Waals surface area contributed by atoms with E-state index >= 15 is 0 Å². The molecule has 5 heteroatoms. The number of carbonyl (C=O) groups excluding carboxylic acids is 2. The van der Waals surface area contributed by atoms with Crippen molar-refractivity contribution in [1.82, 2.24) is 10.2 Å². The summed E-state index contributed by atoms with van der Waals surface area (Å²) in [6.07, 6.45) is 9.02. The summed E-state index contributed by atoms with van der Waals surface area (Å²) in [4.78, 5) is 25.3. The number of nitriles is 1. The summed E-state index contributed by atoms with van der Waals surface area (Å²) in [5.74, 6) is -0.0969. The molecule has 1 saturated heterocycles. The molecule has 2 aliphatic rings. The standard InChI is InChI=1S/C16H23N3O2/c17-9-6-16(21)19-10-7-14(8-11-19)18-15(20)12-13-4-2-1-3-5-13/h12,14H,1-8,10-11H2,(H,18,20). The molecule has 0 aromatic rings. The lowest BCUT2D eigenvalue weighted by Crippen LogP contribution is -2.46. The largest absolute Gasteiger partial charge is 0.350 e. The van der Waals surface area contributed by atoms with Crippen molar-refractivity contribution in [3.05, 3.63) is 11.6 Å². The summed E-state index contributed by atoms with van der Waals surface area (Å²) >= 11 is 0. The minimum atomic E-state index is -0.105. The molecular weight excluding hydrogens is 266 g/mol. The van der Waals surface area contributed by atoms with Crippen LogP contribution in [-0.4, -0.2) is 35.8 Å². The normalized spacial score (nSPS) is 19.8. The number of carbonyl (C=O) groups is 2. The van der Waals surface area contributed by atoms with Crippen molar-refractivity contribution in [3.8, 4) is 6.07 Å². The van der Waals surface area contributed by atoms with Crippen molar-refractivity contribution in [3.63, 3.8) is 0 Å². The maximum Gasteiger partial charge on any atom is 0.244 e. The Hall–Kier alpha value is -1.83. The Labute approximate surface area is 126 Å². The number of nitrogens with one attached hydrogen (secondary N) is 1. The highest BCUT2D eigenvalue weighted by atomic mass is 16.2. The van der Waals surface area contributed by atoms with Gasteiger partial charge < -0.3 is 10.2 Å². The molecule has 2 amide bonds. The van der Waals surface area contributed by atoms with Crippen LogP contribution >= 0.6 is 0 Å². The maximum atomic E-state index is 12.0. The van der Waals surface area contributed by atoms with Crippen molar-refractivity contribution in [1.29, 1.82) is 5.26 Å². The third-order valence-corrected chi connectivity index (χ3v) is 4.26. The number of nitrogens with zero attached hydrogens (tertiary/aromatic N) is 2. The molecule has 114 valence electrons. The molecular formula is C16H23N3O2. The van der Waals surface area contributed by atoms with E-state index in [2.05, 4.69) is 5.32 Å². The number of piperidine rings is 1. The molecule has 21 heavy (non-hydrogen) atoms. The Morgan fingerprint density at radius 3 is 2.52 bits per heavy atom. The Kier molecular flexibility index (Phi) is 5.79. The average molecular weight is 289 g/mol. The van der Waals surface area contributed by atoms with Gasteiger partial charge in [-0.15, -0.1) is 0 Å². The minimum Gasteiger partial charge on any atom is -0.350 e. The fraction of sp³-hybridized carbons (Fsp3) is 0.688. The van der Waals surface area contributed by atoms with E-state index in [0.29, 0.717) is 13.1 Å². The summed E-state index contributed by atoms with van der Waals surface area (Å²) in [6, 6.07) is 2.03. The second-order valence-corrected chi connectivity index (χ2v) is 5.86. The Morgan fingerprint density at radius 2 is 1.90 bits per heavy atom. The summed E-state index contributed by atoms with van der Waals surface area (Å²) in [5, 5.41) is 11.6. The number of rotatable bonds is 3. The van der Waals surface area contributed by atoms with Gasteiger partial charge in [0, 0.05) is 25.2 Å². The highest BCUT2D eigenvalue weighted by Crippen LogP contribution is 2.22. The van der Waals surface area contributed by atoms with Gasteiger partial charge in [0.1, 0.15) is 6.42 Å². The molecule has 5 nitrogen and oxygen atoms in total. The molecule has 0 radical (unpaired) electrons. The number of hydrogen-bond donors (Lipinski definition) is 1. The molecule has 1 aliphatic heterocycles. The first kappa shape index (κ1) is 15.6. The number of amides is 2. The average Bonchev–Trinajstić information content (AvgIpc) is 2.49. The predicted octanol–water partition coefficient (Wildman–Crippen LogP) is 1.90. The zero-order valence-corrected chi connectivity index (χ0v) is 12.4. The summed E-state index contributed by atoms with van der Waals surface area (Å²) < 4.78 is 0. The lowest BCUT2D eigenvalue weighted by atomic mass is 9.94. The molecule has 2 fully saturated rings. The lowest BCUT2D eigenvalue weighted by molar-refractivity contribution is -0.131. The molecule has 0 bridgehead atoms. The van der Waals surface area contributed by atoms with Gasteiger partial charge in [0.05, 0.1) is 6.07 Å². The van der Waals surface area contributed by atoms with Crippen molar-refractivity contribution >= 4 is 11.8 Å². The van der Waals surface area contributed by atoms with E-state index < -0.39 is 0 Å². The van der Waals surface area contributed by atoms with Crippen molar-refractivity contribution in [2.24, 2.45) is 0 Å². The topological polar surface area (TPSA) is 73.2 Å². The first-order valence-corrected chi connectivity index (χ1v) is 7.83. The molecule has 2 rings (SSSR count). The molecule has 1 saturated carbocycles. The molecule has 0 aromatic heterocycles. The van der Waals surface area contributed by atoms with Gasteiger partial charge in [-0.2, -0.15) is 5.26 Å². The third kappa shape index (κ3) is 4.89.